The van der Waals surface area contributed by atoms with Crippen LogP contribution >= 0.6 is 0 Å². The van der Waals surface area contributed by atoms with Crippen LogP contribution < -0.4 is 16.0 Å². The fraction of sp³-hybridized carbons (Fsp3) is 0.818. The zero-order chi connectivity index (χ0) is 12.7. The van der Waals surface area contributed by atoms with Crippen LogP contribution in [-0.2, 0) is 9.53 Å². The highest BCUT2D eigenvalue weighted by atomic mass is 16.5. The third kappa shape index (κ3) is 5.14. The molecule has 0 bridgehead atoms. The van der Waals surface area contributed by atoms with Gasteiger partial charge >= 0.3 is 6.03 Å². The van der Waals surface area contributed by atoms with Crippen LogP contribution in [0.25, 0.3) is 0 Å². The Bertz CT molecular complexity index is 265. The van der Waals surface area contributed by atoms with E-state index in [1.54, 1.807) is 13.8 Å². The van der Waals surface area contributed by atoms with E-state index < -0.39 is 18.0 Å². The van der Waals surface area contributed by atoms with Crippen molar-refractivity contribution in [1.82, 2.24) is 16.0 Å². The minimum Gasteiger partial charge on any atom is -0.364 e. The molecule has 0 spiro atoms. The van der Waals surface area contributed by atoms with Crippen molar-refractivity contribution in [2.45, 2.75) is 38.9 Å². The standard InChI is InChI=1S/C11H21N3O3/c1-3-13-11(16)14-10(15)8(2)17-9-5-4-6-12-7-9/h8-9,12H,3-7H2,1-2H3,(H2,13,14,15,16). The molecule has 0 aromatic heterocycles. The number of ether oxygens (including phenoxy) is 1. The van der Waals surface area contributed by atoms with Gasteiger partial charge in [-0.05, 0) is 33.2 Å². The number of piperidine rings is 1. The number of imide groups is 1. The minimum atomic E-state index is -0.609. The summed E-state index contributed by atoms with van der Waals surface area (Å²) in [5, 5.41) is 7.94. The fourth-order valence-electron chi connectivity index (χ4n) is 1.70. The Hall–Kier alpha value is -1.14. The number of hydrogen-bond acceptors (Lipinski definition) is 4. The Balaban J connectivity index is 2.28. The van der Waals surface area contributed by atoms with E-state index in [-0.39, 0.29) is 6.10 Å². The van der Waals surface area contributed by atoms with Crippen molar-refractivity contribution in [2.75, 3.05) is 19.6 Å². The van der Waals surface area contributed by atoms with Gasteiger partial charge < -0.3 is 15.4 Å². The first kappa shape index (κ1) is 13.9. The zero-order valence-electron chi connectivity index (χ0n) is 10.4. The summed E-state index contributed by atoms with van der Waals surface area (Å²) in [6.45, 7) is 5.69. The van der Waals surface area contributed by atoms with E-state index in [2.05, 4.69) is 16.0 Å². The molecule has 1 aliphatic rings. The van der Waals surface area contributed by atoms with Crippen LogP contribution in [0.2, 0.25) is 0 Å². The molecule has 2 unspecified atom stereocenters. The van der Waals surface area contributed by atoms with E-state index in [0.29, 0.717) is 6.54 Å². The molecule has 2 atom stereocenters. The number of carbonyl (C=O) groups is 2. The molecule has 98 valence electrons. The average Bonchev–Trinajstić information content (AvgIpc) is 2.30. The van der Waals surface area contributed by atoms with E-state index in [4.69, 9.17) is 4.74 Å². The molecule has 17 heavy (non-hydrogen) atoms. The van der Waals surface area contributed by atoms with Crippen LogP contribution in [0.4, 0.5) is 4.79 Å². The molecule has 1 fully saturated rings. The van der Waals surface area contributed by atoms with E-state index >= 15 is 0 Å². The second-order valence-electron chi connectivity index (χ2n) is 4.10. The van der Waals surface area contributed by atoms with Crippen molar-refractivity contribution in [3.63, 3.8) is 0 Å². The summed E-state index contributed by atoms with van der Waals surface area (Å²) < 4.78 is 5.58. The van der Waals surface area contributed by atoms with Crippen LogP contribution in [-0.4, -0.2) is 43.8 Å². The quantitative estimate of drug-likeness (QED) is 0.649. The number of nitrogens with one attached hydrogen (secondary N) is 3. The Labute approximate surface area is 101 Å². The summed E-state index contributed by atoms with van der Waals surface area (Å²) in [5.74, 6) is -0.401. The summed E-state index contributed by atoms with van der Waals surface area (Å²) in [4.78, 5) is 22.7. The van der Waals surface area contributed by atoms with Crippen molar-refractivity contribution < 1.29 is 14.3 Å². The molecule has 6 nitrogen and oxygen atoms in total. The molecular formula is C11H21N3O3. The molecule has 1 heterocycles. The molecule has 0 saturated carbocycles. The second kappa shape index (κ2) is 7.24. The number of urea groups is 1. The Morgan fingerprint density at radius 1 is 1.53 bits per heavy atom. The highest BCUT2D eigenvalue weighted by Gasteiger charge is 2.21. The predicted molar refractivity (Wildman–Crippen MR) is 63.7 cm³/mol. The van der Waals surface area contributed by atoms with Crippen LogP contribution in [0.15, 0.2) is 0 Å². The largest absolute Gasteiger partial charge is 0.364 e. The number of rotatable bonds is 4. The zero-order valence-corrected chi connectivity index (χ0v) is 10.4. The van der Waals surface area contributed by atoms with Gasteiger partial charge in [-0.1, -0.05) is 0 Å². The molecule has 6 heteroatoms. The summed E-state index contributed by atoms with van der Waals surface area (Å²) in [6.07, 6.45) is 1.45. The van der Waals surface area contributed by atoms with Gasteiger partial charge in [-0.3, -0.25) is 10.1 Å². The van der Waals surface area contributed by atoms with E-state index in [0.717, 1.165) is 25.9 Å². The van der Waals surface area contributed by atoms with Crippen LogP contribution in [0.1, 0.15) is 26.7 Å². The van der Waals surface area contributed by atoms with Gasteiger partial charge in [0.2, 0.25) is 0 Å². The van der Waals surface area contributed by atoms with Crippen molar-refractivity contribution >= 4 is 11.9 Å². The Morgan fingerprint density at radius 3 is 2.88 bits per heavy atom. The monoisotopic (exact) mass is 243 g/mol. The van der Waals surface area contributed by atoms with Crippen molar-refractivity contribution in [3.05, 3.63) is 0 Å². The van der Waals surface area contributed by atoms with Gasteiger partial charge in [-0.15, -0.1) is 0 Å². The van der Waals surface area contributed by atoms with Gasteiger partial charge in [0.25, 0.3) is 5.91 Å². The molecule has 0 aliphatic carbocycles. The molecule has 1 saturated heterocycles. The maximum Gasteiger partial charge on any atom is 0.321 e. The lowest BCUT2D eigenvalue weighted by Crippen LogP contribution is -2.46. The lowest BCUT2D eigenvalue weighted by Gasteiger charge is -2.25. The topological polar surface area (TPSA) is 79.5 Å². The molecule has 1 aliphatic heterocycles. The first-order valence-corrected chi connectivity index (χ1v) is 6.08. The lowest BCUT2D eigenvalue weighted by atomic mass is 10.1. The van der Waals surface area contributed by atoms with Crippen molar-refractivity contribution in [2.24, 2.45) is 0 Å². The van der Waals surface area contributed by atoms with Gasteiger partial charge in [0.05, 0.1) is 6.10 Å². The molecule has 0 aromatic carbocycles. The van der Waals surface area contributed by atoms with Gasteiger partial charge in [-0.25, -0.2) is 4.79 Å². The van der Waals surface area contributed by atoms with E-state index in [9.17, 15) is 9.59 Å². The molecule has 0 aromatic rings. The summed E-state index contributed by atoms with van der Waals surface area (Å²) in [5.41, 5.74) is 0. The fourth-order valence-corrected chi connectivity index (χ4v) is 1.70. The number of amides is 3. The first-order chi connectivity index (χ1) is 8.13. The maximum atomic E-state index is 11.6. The highest BCUT2D eigenvalue weighted by Crippen LogP contribution is 2.08. The van der Waals surface area contributed by atoms with Gasteiger partial charge in [0.1, 0.15) is 6.10 Å². The van der Waals surface area contributed by atoms with Crippen molar-refractivity contribution in [1.29, 1.82) is 0 Å². The predicted octanol–water partition coefficient (Wildman–Crippen LogP) is -0.0108. The molecule has 1 rings (SSSR count). The van der Waals surface area contributed by atoms with E-state index in [1.807, 2.05) is 0 Å². The minimum absolute atomic E-state index is 0.0544. The van der Waals surface area contributed by atoms with E-state index in [1.165, 1.54) is 0 Å². The maximum absolute atomic E-state index is 11.6. The van der Waals surface area contributed by atoms with Crippen LogP contribution in [0, 0.1) is 0 Å². The second-order valence-corrected chi connectivity index (χ2v) is 4.10. The average molecular weight is 243 g/mol. The third-order valence-electron chi connectivity index (χ3n) is 2.59. The Kier molecular flexibility index (Phi) is 5.93. The van der Waals surface area contributed by atoms with Gasteiger partial charge in [0, 0.05) is 13.1 Å². The smallest absolute Gasteiger partial charge is 0.321 e. The van der Waals surface area contributed by atoms with Gasteiger partial charge in [0.15, 0.2) is 0 Å². The summed E-state index contributed by atoms with van der Waals surface area (Å²) in [6, 6.07) is -0.477. The highest BCUT2D eigenvalue weighted by molar-refractivity contribution is 5.96. The van der Waals surface area contributed by atoms with Gasteiger partial charge in [-0.2, -0.15) is 0 Å². The molecule has 0 radical (unpaired) electrons. The summed E-state index contributed by atoms with van der Waals surface area (Å²) in [7, 11) is 0. The molecule has 3 amide bonds. The normalized spacial score (nSPS) is 21.6. The SMILES string of the molecule is CCNC(=O)NC(=O)C(C)OC1CCCNC1. The van der Waals surface area contributed by atoms with Crippen LogP contribution in [0.3, 0.4) is 0 Å². The number of hydrogen-bond donors (Lipinski definition) is 3. The molecular weight excluding hydrogens is 222 g/mol. The number of carbonyl (C=O) groups excluding carboxylic acids is 2. The third-order valence-corrected chi connectivity index (χ3v) is 2.59. The lowest BCUT2D eigenvalue weighted by molar-refractivity contribution is -0.134. The summed E-state index contributed by atoms with van der Waals surface area (Å²) >= 11 is 0. The first-order valence-electron chi connectivity index (χ1n) is 6.08. The Morgan fingerprint density at radius 2 is 2.29 bits per heavy atom. The molecule has 3 N–H and O–H groups in total. The van der Waals surface area contributed by atoms with Crippen LogP contribution in [0.5, 0.6) is 0 Å². The van der Waals surface area contributed by atoms with Crippen molar-refractivity contribution in [3.8, 4) is 0 Å².